The van der Waals surface area contributed by atoms with Gasteiger partial charge >= 0.3 is 0 Å². The van der Waals surface area contributed by atoms with Crippen molar-refractivity contribution in [2.45, 2.75) is 51.5 Å². The standard InChI is InChI=1S/C31H37N5O/c1-2-20-14-25(24-12-13-27-29(18-24)35-36-30(27)33)17-26(15-20)28(16-21-6-4-3-5-7-21)34-31(37)23-10-8-22(19-32)9-11-23/h3-7,12-15,17-18,22-23,28H,2,8-11,16,19,32H2,1H3,(H,34,37)(H3,33,35,36)/t22-,23-,28?. The Balaban J connectivity index is 1.47. The molecule has 3 aromatic carbocycles. The van der Waals surface area contributed by atoms with Crippen LogP contribution in [0, 0.1) is 11.8 Å². The van der Waals surface area contributed by atoms with E-state index in [4.69, 9.17) is 11.5 Å². The number of fused-ring (bicyclic) bond motifs is 1. The molecule has 1 aromatic heterocycles. The number of nitrogens with two attached hydrogens (primary N) is 2. The molecule has 0 bridgehead atoms. The third-order valence-electron chi connectivity index (χ3n) is 7.90. The van der Waals surface area contributed by atoms with E-state index in [1.807, 2.05) is 12.1 Å². The van der Waals surface area contributed by atoms with Gasteiger partial charge in [-0.1, -0.05) is 55.5 Å². The van der Waals surface area contributed by atoms with Crippen molar-refractivity contribution >= 4 is 22.6 Å². The summed E-state index contributed by atoms with van der Waals surface area (Å²) in [5, 5.41) is 11.5. The second-order valence-electron chi connectivity index (χ2n) is 10.4. The zero-order chi connectivity index (χ0) is 25.8. The van der Waals surface area contributed by atoms with Crippen LogP contribution < -0.4 is 16.8 Å². The number of benzene rings is 3. The fraction of sp³-hybridized carbons (Fsp3) is 0.355. The largest absolute Gasteiger partial charge is 0.382 e. The van der Waals surface area contributed by atoms with Crippen LogP contribution in [-0.4, -0.2) is 22.6 Å². The monoisotopic (exact) mass is 495 g/mol. The Hall–Kier alpha value is -3.64. The number of rotatable bonds is 8. The van der Waals surface area contributed by atoms with E-state index < -0.39 is 0 Å². The van der Waals surface area contributed by atoms with Gasteiger partial charge in [0.2, 0.25) is 5.91 Å². The summed E-state index contributed by atoms with van der Waals surface area (Å²) < 4.78 is 0. The van der Waals surface area contributed by atoms with Gasteiger partial charge in [0.1, 0.15) is 0 Å². The summed E-state index contributed by atoms with van der Waals surface area (Å²) in [5.74, 6) is 1.28. The minimum absolute atomic E-state index is 0.0585. The number of aromatic nitrogens is 2. The van der Waals surface area contributed by atoms with E-state index >= 15 is 0 Å². The molecule has 1 saturated carbocycles. The topological polar surface area (TPSA) is 110 Å². The molecule has 1 fully saturated rings. The first-order valence-electron chi connectivity index (χ1n) is 13.5. The van der Waals surface area contributed by atoms with Gasteiger partial charge < -0.3 is 16.8 Å². The molecule has 5 rings (SSSR count). The van der Waals surface area contributed by atoms with Gasteiger partial charge in [0, 0.05) is 11.3 Å². The van der Waals surface area contributed by atoms with E-state index in [0.29, 0.717) is 18.3 Å². The Bertz CT molecular complexity index is 1350. The molecule has 1 aliphatic carbocycles. The van der Waals surface area contributed by atoms with Crippen molar-refractivity contribution < 1.29 is 4.79 Å². The average Bonchev–Trinajstić information content (AvgIpc) is 3.32. The van der Waals surface area contributed by atoms with Crippen molar-refractivity contribution in [2.75, 3.05) is 12.3 Å². The highest BCUT2D eigenvalue weighted by molar-refractivity contribution is 5.91. The van der Waals surface area contributed by atoms with E-state index in [1.54, 1.807) is 0 Å². The number of carbonyl (C=O) groups is 1. The Morgan fingerprint density at radius 2 is 1.78 bits per heavy atom. The van der Waals surface area contributed by atoms with E-state index in [9.17, 15) is 4.79 Å². The summed E-state index contributed by atoms with van der Waals surface area (Å²) in [6.45, 7) is 2.89. The maximum atomic E-state index is 13.5. The lowest BCUT2D eigenvalue weighted by Crippen LogP contribution is -2.37. The molecule has 1 amide bonds. The van der Waals surface area contributed by atoms with Crippen LogP contribution in [0.15, 0.2) is 66.7 Å². The van der Waals surface area contributed by atoms with Crippen molar-refractivity contribution in [3.8, 4) is 11.1 Å². The number of H-pyrrole nitrogens is 1. The molecule has 1 heterocycles. The van der Waals surface area contributed by atoms with Crippen LogP contribution in [0.3, 0.4) is 0 Å². The molecule has 192 valence electrons. The number of amides is 1. The summed E-state index contributed by atoms with van der Waals surface area (Å²) in [4.78, 5) is 13.5. The third-order valence-corrected chi connectivity index (χ3v) is 7.90. The molecule has 4 aromatic rings. The van der Waals surface area contributed by atoms with E-state index in [-0.39, 0.29) is 17.9 Å². The van der Waals surface area contributed by atoms with Crippen LogP contribution in [0.1, 0.15) is 55.3 Å². The fourth-order valence-electron chi connectivity index (χ4n) is 5.56. The van der Waals surface area contributed by atoms with E-state index in [2.05, 4.69) is 77.0 Å². The number of anilines is 1. The van der Waals surface area contributed by atoms with Gasteiger partial charge in [0.25, 0.3) is 0 Å². The zero-order valence-corrected chi connectivity index (χ0v) is 21.5. The summed E-state index contributed by atoms with van der Waals surface area (Å²) >= 11 is 0. The number of carbonyl (C=O) groups excluding carboxylic acids is 1. The Morgan fingerprint density at radius 1 is 1.00 bits per heavy atom. The fourth-order valence-corrected chi connectivity index (χ4v) is 5.56. The smallest absolute Gasteiger partial charge is 0.223 e. The number of aromatic amines is 1. The van der Waals surface area contributed by atoms with Crippen LogP contribution in [0.5, 0.6) is 0 Å². The highest BCUT2D eigenvalue weighted by atomic mass is 16.1. The first kappa shape index (κ1) is 25.0. The molecular formula is C31H37N5O. The minimum atomic E-state index is -0.112. The molecule has 1 aliphatic rings. The maximum Gasteiger partial charge on any atom is 0.223 e. The van der Waals surface area contributed by atoms with Crippen LogP contribution in [0.4, 0.5) is 5.82 Å². The summed E-state index contributed by atoms with van der Waals surface area (Å²) in [6.07, 6.45) is 5.56. The van der Waals surface area contributed by atoms with Crippen molar-refractivity contribution in [1.29, 1.82) is 0 Å². The van der Waals surface area contributed by atoms with Gasteiger partial charge in [-0.25, -0.2) is 0 Å². The zero-order valence-electron chi connectivity index (χ0n) is 21.5. The predicted octanol–water partition coefficient (Wildman–Crippen LogP) is 5.54. The Kier molecular flexibility index (Phi) is 7.56. The predicted molar refractivity (Wildman–Crippen MR) is 151 cm³/mol. The highest BCUT2D eigenvalue weighted by Crippen LogP contribution is 2.32. The quantitative estimate of drug-likeness (QED) is 0.257. The van der Waals surface area contributed by atoms with Gasteiger partial charge in [-0.3, -0.25) is 9.89 Å². The first-order valence-corrected chi connectivity index (χ1v) is 13.5. The lowest BCUT2D eigenvalue weighted by molar-refractivity contribution is -0.127. The summed E-state index contributed by atoms with van der Waals surface area (Å²) in [7, 11) is 0. The second-order valence-corrected chi connectivity index (χ2v) is 10.4. The number of hydrogen-bond acceptors (Lipinski definition) is 4. The first-order chi connectivity index (χ1) is 18.0. The van der Waals surface area contributed by atoms with Gasteiger partial charge in [0.15, 0.2) is 5.82 Å². The maximum absolute atomic E-state index is 13.5. The van der Waals surface area contributed by atoms with Crippen LogP contribution in [-0.2, 0) is 17.6 Å². The molecule has 37 heavy (non-hydrogen) atoms. The molecule has 0 radical (unpaired) electrons. The van der Waals surface area contributed by atoms with E-state index in [1.165, 1.54) is 11.1 Å². The van der Waals surface area contributed by atoms with E-state index in [0.717, 1.165) is 66.1 Å². The number of aryl methyl sites for hydroxylation is 1. The number of nitrogen functional groups attached to an aromatic ring is 1. The Morgan fingerprint density at radius 3 is 2.51 bits per heavy atom. The Labute approximate surface area is 218 Å². The molecule has 6 N–H and O–H groups in total. The van der Waals surface area contributed by atoms with Gasteiger partial charge in [-0.2, -0.15) is 5.10 Å². The van der Waals surface area contributed by atoms with Crippen molar-refractivity contribution in [3.63, 3.8) is 0 Å². The SMILES string of the molecule is CCc1cc(-c2ccc3c(N)n[nH]c3c2)cc(C(Cc2ccccc2)NC(=O)[C@H]2CC[C@H](CN)CC2)c1. The molecule has 6 nitrogen and oxygen atoms in total. The minimum Gasteiger partial charge on any atom is -0.382 e. The third kappa shape index (κ3) is 5.70. The molecule has 1 unspecified atom stereocenters. The lowest BCUT2D eigenvalue weighted by atomic mass is 9.81. The number of hydrogen-bond donors (Lipinski definition) is 4. The molecule has 6 heteroatoms. The number of nitrogens with zero attached hydrogens (tertiary/aromatic N) is 1. The number of nitrogens with one attached hydrogen (secondary N) is 2. The van der Waals surface area contributed by atoms with Gasteiger partial charge in [-0.05, 0) is 97.0 Å². The highest BCUT2D eigenvalue weighted by Gasteiger charge is 2.28. The van der Waals surface area contributed by atoms with Crippen LogP contribution >= 0.6 is 0 Å². The van der Waals surface area contributed by atoms with Crippen molar-refractivity contribution in [2.24, 2.45) is 17.6 Å². The summed E-state index contributed by atoms with van der Waals surface area (Å²) in [5.41, 5.74) is 18.6. The van der Waals surface area contributed by atoms with Gasteiger partial charge in [-0.15, -0.1) is 0 Å². The van der Waals surface area contributed by atoms with Gasteiger partial charge in [0.05, 0.1) is 11.6 Å². The summed E-state index contributed by atoms with van der Waals surface area (Å²) in [6, 6.07) is 23.2. The molecule has 0 spiro atoms. The second kappa shape index (κ2) is 11.2. The molecular weight excluding hydrogens is 458 g/mol. The lowest BCUT2D eigenvalue weighted by Gasteiger charge is -2.29. The van der Waals surface area contributed by atoms with Crippen LogP contribution in [0.2, 0.25) is 0 Å². The normalized spacial score (nSPS) is 18.5. The van der Waals surface area contributed by atoms with Crippen molar-refractivity contribution in [3.05, 3.63) is 83.4 Å². The molecule has 1 atom stereocenters. The molecule has 0 aliphatic heterocycles. The van der Waals surface area contributed by atoms with Crippen molar-refractivity contribution in [1.82, 2.24) is 15.5 Å². The van der Waals surface area contributed by atoms with Crippen LogP contribution in [0.25, 0.3) is 22.0 Å². The molecule has 0 saturated heterocycles. The average molecular weight is 496 g/mol.